The number of fused-ring (bicyclic) bond motifs is 3. The van der Waals surface area contributed by atoms with E-state index in [0.717, 1.165) is 32.9 Å². The van der Waals surface area contributed by atoms with Crippen molar-refractivity contribution in [3.8, 4) is 11.1 Å². The quantitative estimate of drug-likeness (QED) is 0.477. The molecule has 147 valence electrons. The fourth-order valence-electron chi connectivity index (χ4n) is 3.12. The number of hydrogen-bond acceptors (Lipinski definition) is 3. The van der Waals surface area contributed by atoms with Crippen LogP contribution in [0.25, 0.3) is 33.1 Å². The lowest BCUT2D eigenvalue weighted by atomic mass is 9.82. The van der Waals surface area contributed by atoms with Gasteiger partial charge in [-0.05, 0) is 68.6 Å². The molecule has 1 N–H and O–H groups in total. The van der Waals surface area contributed by atoms with E-state index in [4.69, 9.17) is 9.07 Å². The second kappa shape index (κ2) is 7.01. The molecule has 1 aromatic heterocycles. The average molecular weight is 389 g/mol. The van der Waals surface area contributed by atoms with Gasteiger partial charge in [-0.1, -0.05) is 36.4 Å². The summed E-state index contributed by atoms with van der Waals surface area (Å²) in [4.78, 5) is 0. The third kappa shape index (κ3) is 3.68. The van der Waals surface area contributed by atoms with Gasteiger partial charge in [-0.2, -0.15) is 0 Å². The zero-order valence-corrected chi connectivity index (χ0v) is 17.0. The van der Waals surface area contributed by atoms with Gasteiger partial charge in [-0.3, -0.25) is 0 Å². The lowest BCUT2D eigenvalue weighted by Crippen LogP contribution is -2.49. The fraction of sp³-hybridized carbons (Fsp3) is 0.250. The molecule has 0 amide bonds. The zero-order valence-electron chi connectivity index (χ0n) is 17.0. The molecule has 0 saturated heterocycles. The van der Waals surface area contributed by atoms with Crippen molar-refractivity contribution in [2.45, 2.75) is 38.9 Å². The minimum Gasteiger partial charge on any atom is -0.457 e. The predicted octanol–water partition coefficient (Wildman–Crippen LogP) is 5.20. The van der Waals surface area contributed by atoms with Crippen molar-refractivity contribution in [2.24, 2.45) is 0 Å². The van der Waals surface area contributed by atoms with Gasteiger partial charge in [0.15, 0.2) is 0 Å². The van der Waals surface area contributed by atoms with Gasteiger partial charge in [0.05, 0.1) is 11.2 Å². The van der Waals surface area contributed by atoms with E-state index in [1.807, 2.05) is 56.3 Å². The van der Waals surface area contributed by atoms with Crippen molar-refractivity contribution in [3.05, 3.63) is 66.5 Å². The van der Waals surface area contributed by atoms with Crippen molar-refractivity contribution < 1.29 is 18.6 Å². The van der Waals surface area contributed by atoms with Crippen molar-refractivity contribution in [1.82, 2.24) is 0 Å². The average Bonchev–Trinajstić information content (AvgIpc) is 3.04. The summed E-state index contributed by atoms with van der Waals surface area (Å²) in [6.45, 7) is 7.12. The van der Waals surface area contributed by atoms with Crippen LogP contribution in [-0.4, -0.2) is 23.8 Å². The minimum atomic E-state index is -1.01. The molecule has 0 bridgehead atoms. The highest BCUT2D eigenvalue weighted by molar-refractivity contribution is 6.51. The molecule has 0 saturated carbocycles. The van der Waals surface area contributed by atoms with E-state index in [1.54, 1.807) is 27.4 Å². The molecule has 1 radical (unpaired) electrons. The van der Waals surface area contributed by atoms with Crippen LogP contribution < -0.4 is 5.46 Å². The zero-order chi connectivity index (χ0) is 20.8. The molecule has 3 aromatic carbocycles. The summed E-state index contributed by atoms with van der Waals surface area (Å²) in [5.41, 5.74) is 2.22. The topological polar surface area (TPSA) is 42.6 Å². The maximum Gasteiger partial charge on any atom is 0.334 e. The molecule has 0 spiro atoms. The number of halogens is 1. The van der Waals surface area contributed by atoms with Crippen LogP contribution in [-0.2, 0) is 4.65 Å². The van der Waals surface area contributed by atoms with E-state index >= 15 is 0 Å². The summed E-state index contributed by atoms with van der Waals surface area (Å²) in [6, 6.07) is 18.3. The Balaban J connectivity index is 1.75. The molecule has 4 rings (SSSR count). The molecule has 1 heterocycles. The molecule has 29 heavy (non-hydrogen) atoms. The lowest BCUT2D eigenvalue weighted by molar-refractivity contribution is -0.0893. The standard InChI is InChI=1S/C24H23BFO3/c1-23(2,27)24(3,4)29-25-20-10-6-9-18-19-14-16(11-12-21(19)28-22(18)20)15-7-5-8-17(26)13-15/h5-14,27H,1-4H3. The maximum absolute atomic E-state index is 13.6. The molecular formula is C24H23BFO3. The molecular weight excluding hydrogens is 366 g/mol. The Morgan fingerprint density at radius 2 is 1.62 bits per heavy atom. The van der Waals surface area contributed by atoms with Gasteiger partial charge in [0.25, 0.3) is 0 Å². The van der Waals surface area contributed by atoms with Gasteiger partial charge in [0.2, 0.25) is 0 Å². The Kier molecular flexibility index (Phi) is 4.76. The number of benzene rings is 3. The first-order chi connectivity index (χ1) is 13.7. The van der Waals surface area contributed by atoms with Crippen molar-refractivity contribution in [2.75, 3.05) is 0 Å². The Hall–Kier alpha value is -2.63. The summed E-state index contributed by atoms with van der Waals surface area (Å²) in [6.07, 6.45) is 0. The van der Waals surface area contributed by atoms with Gasteiger partial charge in [0, 0.05) is 10.8 Å². The highest BCUT2D eigenvalue weighted by Crippen LogP contribution is 2.32. The number of hydrogen-bond donors (Lipinski definition) is 1. The molecule has 0 fully saturated rings. The van der Waals surface area contributed by atoms with E-state index < -0.39 is 11.2 Å². The molecule has 0 aliphatic carbocycles. The molecule has 0 unspecified atom stereocenters. The number of rotatable bonds is 5. The predicted molar refractivity (Wildman–Crippen MR) is 116 cm³/mol. The molecule has 3 nitrogen and oxygen atoms in total. The first kappa shape index (κ1) is 19.7. The van der Waals surface area contributed by atoms with Gasteiger partial charge >= 0.3 is 7.48 Å². The second-order valence-corrected chi connectivity index (χ2v) is 8.35. The Morgan fingerprint density at radius 1 is 0.897 bits per heavy atom. The van der Waals surface area contributed by atoms with Crippen LogP contribution in [0.4, 0.5) is 4.39 Å². The first-order valence-electron chi connectivity index (χ1n) is 9.60. The van der Waals surface area contributed by atoms with Crippen LogP contribution in [0.5, 0.6) is 0 Å². The Morgan fingerprint density at radius 3 is 2.34 bits per heavy atom. The molecule has 0 aliphatic rings. The monoisotopic (exact) mass is 389 g/mol. The smallest absolute Gasteiger partial charge is 0.334 e. The van der Waals surface area contributed by atoms with E-state index in [1.165, 1.54) is 12.1 Å². The maximum atomic E-state index is 13.6. The third-order valence-corrected chi connectivity index (χ3v) is 5.64. The highest BCUT2D eigenvalue weighted by atomic mass is 19.1. The molecule has 0 aliphatic heterocycles. The van der Waals surface area contributed by atoms with Crippen LogP contribution in [0.15, 0.2) is 65.1 Å². The van der Waals surface area contributed by atoms with Crippen LogP contribution in [0.2, 0.25) is 0 Å². The molecule has 0 atom stereocenters. The summed E-state index contributed by atoms with van der Waals surface area (Å²) in [5, 5.41) is 12.2. The summed E-state index contributed by atoms with van der Waals surface area (Å²) in [5.74, 6) is -0.261. The highest BCUT2D eigenvalue weighted by Gasteiger charge is 2.36. The van der Waals surface area contributed by atoms with Crippen LogP contribution in [0, 0.1) is 5.82 Å². The van der Waals surface area contributed by atoms with Gasteiger partial charge in [0.1, 0.15) is 17.0 Å². The van der Waals surface area contributed by atoms with Crippen molar-refractivity contribution >= 4 is 34.9 Å². The van der Waals surface area contributed by atoms with Crippen LogP contribution >= 0.6 is 0 Å². The second-order valence-electron chi connectivity index (χ2n) is 8.35. The van der Waals surface area contributed by atoms with E-state index in [0.29, 0.717) is 5.58 Å². The van der Waals surface area contributed by atoms with Gasteiger partial charge < -0.3 is 14.2 Å². The van der Waals surface area contributed by atoms with Gasteiger partial charge in [-0.15, -0.1) is 0 Å². The van der Waals surface area contributed by atoms with E-state index in [2.05, 4.69) is 0 Å². The van der Waals surface area contributed by atoms with E-state index in [9.17, 15) is 9.50 Å². The summed E-state index contributed by atoms with van der Waals surface area (Å²) < 4.78 is 25.6. The fourth-order valence-corrected chi connectivity index (χ4v) is 3.12. The minimum absolute atomic E-state index is 0.261. The third-order valence-electron chi connectivity index (χ3n) is 5.64. The summed E-state index contributed by atoms with van der Waals surface area (Å²) >= 11 is 0. The van der Waals surface area contributed by atoms with E-state index in [-0.39, 0.29) is 5.82 Å². The van der Waals surface area contributed by atoms with Crippen molar-refractivity contribution in [3.63, 3.8) is 0 Å². The normalized spacial score (nSPS) is 12.6. The number of para-hydroxylation sites is 1. The number of aliphatic hydroxyl groups is 1. The molecule has 5 heteroatoms. The number of furan rings is 1. The summed E-state index contributed by atoms with van der Waals surface area (Å²) in [7, 11) is 1.64. The lowest BCUT2D eigenvalue weighted by Gasteiger charge is -2.37. The van der Waals surface area contributed by atoms with Crippen molar-refractivity contribution in [1.29, 1.82) is 0 Å². The Bertz CT molecular complexity index is 1190. The molecule has 4 aromatic rings. The van der Waals surface area contributed by atoms with Crippen LogP contribution in [0.1, 0.15) is 27.7 Å². The van der Waals surface area contributed by atoms with Gasteiger partial charge in [-0.25, -0.2) is 4.39 Å². The Labute approximate surface area is 170 Å². The largest absolute Gasteiger partial charge is 0.457 e. The first-order valence-corrected chi connectivity index (χ1v) is 9.60. The van der Waals surface area contributed by atoms with Crippen LogP contribution in [0.3, 0.4) is 0 Å². The SMILES string of the molecule is CC(C)(O)C(C)(C)O[B]c1cccc2c1oc1ccc(-c3cccc(F)c3)cc12.